The molecular formula is C18H17F3N2O2. The lowest BCUT2D eigenvalue weighted by Crippen LogP contribution is -2.21. The standard InChI is InChI=1S/C18H17F3N2O2/c1-11-3-6-15(9-12(11)2)23-17(25)10-16(24)22-14-7-4-13(5-8-14)18(19,20)21/h3-9H,10H2,1-2H3,(H,22,24)(H,23,25). The fourth-order valence-corrected chi connectivity index (χ4v) is 2.12. The molecule has 4 nitrogen and oxygen atoms in total. The van der Waals surface area contributed by atoms with Crippen LogP contribution < -0.4 is 10.6 Å². The fraction of sp³-hybridized carbons (Fsp3) is 0.222. The summed E-state index contributed by atoms with van der Waals surface area (Å²) in [4.78, 5) is 23.7. The maximum absolute atomic E-state index is 12.5. The van der Waals surface area contributed by atoms with Gasteiger partial charge in [-0.25, -0.2) is 0 Å². The first-order valence-corrected chi connectivity index (χ1v) is 7.49. The number of halogens is 3. The van der Waals surface area contributed by atoms with Crippen molar-refractivity contribution in [2.45, 2.75) is 26.4 Å². The van der Waals surface area contributed by atoms with E-state index in [0.29, 0.717) is 5.69 Å². The first-order chi connectivity index (χ1) is 11.6. The van der Waals surface area contributed by atoms with E-state index >= 15 is 0 Å². The third kappa shape index (κ3) is 5.34. The molecule has 132 valence electrons. The fourth-order valence-electron chi connectivity index (χ4n) is 2.12. The molecular weight excluding hydrogens is 333 g/mol. The smallest absolute Gasteiger partial charge is 0.326 e. The largest absolute Gasteiger partial charge is 0.416 e. The number of alkyl halides is 3. The first-order valence-electron chi connectivity index (χ1n) is 7.49. The van der Waals surface area contributed by atoms with Gasteiger partial charge in [-0.1, -0.05) is 6.07 Å². The number of hydrogen-bond acceptors (Lipinski definition) is 2. The van der Waals surface area contributed by atoms with Crippen LogP contribution in [-0.2, 0) is 15.8 Å². The van der Waals surface area contributed by atoms with Gasteiger partial charge in [-0.2, -0.15) is 13.2 Å². The molecule has 0 atom stereocenters. The van der Waals surface area contributed by atoms with E-state index in [1.165, 1.54) is 0 Å². The minimum atomic E-state index is -4.44. The molecule has 0 aliphatic heterocycles. The van der Waals surface area contributed by atoms with Crippen molar-refractivity contribution < 1.29 is 22.8 Å². The van der Waals surface area contributed by atoms with E-state index in [-0.39, 0.29) is 5.69 Å². The Bertz CT molecular complexity index is 784. The van der Waals surface area contributed by atoms with Gasteiger partial charge in [0.15, 0.2) is 0 Å². The summed E-state index contributed by atoms with van der Waals surface area (Å²) >= 11 is 0. The van der Waals surface area contributed by atoms with E-state index in [1.54, 1.807) is 12.1 Å². The van der Waals surface area contributed by atoms with E-state index in [4.69, 9.17) is 0 Å². The lowest BCUT2D eigenvalue weighted by Gasteiger charge is -2.10. The molecule has 0 aromatic heterocycles. The van der Waals surface area contributed by atoms with E-state index < -0.39 is 30.0 Å². The van der Waals surface area contributed by atoms with Gasteiger partial charge in [0, 0.05) is 11.4 Å². The second-order valence-electron chi connectivity index (χ2n) is 5.65. The first kappa shape index (κ1) is 18.5. The molecule has 7 heteroatoms. The van der Waals surface area contributed by atoms with Gasteiger partial charge in [-0.15, -0.1) is 0 Å². The second kappa shape index (κ2) is 7.38. The van der Waals surface area contributed by atoms with Crippen LogP contribution in [0.5, 0.6) is 0 Å². The number of aryl methyl sites for hydroxylation is 2. The van der Waals surface area contributed by atoms with Crippen LogP contribution in [0.4, 0.5) is 24.5 Å². The molecule has 0 unspecified atom stereocenters. The predicted octanol–water partition coefficient (Wildman–Crippen LogP) is 4.29. The number of carbonyl (C=O) groups is 2. The molecule has 2 rings (SSSR count). The Morgan fingerprint density at radius 1 is 0.840 bits per heavy atom. The molecule has 2 aromatic carbocycles. The second-order valence-corrected chi connectivity index (χ2v) is 5.65. The molecule has 0 aliphatic rings. The van der Waals surface area contributed by atoms with Crippen LogP contribution in [-0.4, -0.2) is 11.8 Å². The van der Waals surface area contributed by atoms with Crippen molar-refractivity contribution in [3.8, 4) is 0 Å². The SMILES string of the molecule is Cc1ccc(NC(=O)CC(=O)Nc2ccc(C(F)(F)F)cc2)cc1C. The van der Waals surface area contributed by atoms with Gasteiger partial charge in [0.25, 0.3) is 0 Å². The predicted molar refractivity (Wildman–Crippen MR) is 89.2 cm³/mol. The monoisotopic (exact) mass is 350 g/mol. The summed E-state index contributed by atoms with van der Waals surface area (Å²) in [6.07, 6.45) is -4.87. The highest BCUT2D eigenvalue weighted by Crippen LogP contribution is 2.29. The highest BCUT2D eigenvalue weighted by atomic mass is 19.4. The van der Waals surface area contributed by atoms with E-state index in [1.807, 2.05) is 19.9 Å². The normalized spacial score (nSPS) is 11.1. The Hall–Kier alpha value is -2.83. The van der Waals surface area contributed by atoms with Crippen LogP contribution in [0.15, 0.2) is 42.5 Å². The number of hydrogen-bond donors (Lipinski definition) is 2. The summed E-state index contributed by atoms with van der Waals surface area (Å²) in [5, 5.41) is 5.00. The maximum Gasteiger partial charge on any atom is 0.416 e. The average molecular weight is 350 g/mol. The van der Waals surface area contributed by atoms with Crippen LogP contribution in [0, 0.1) is 13.8 Å². The van der Waals surface area contributed by atoms with Crippen LogP contribution >= 0.6 is 0 Å². The summed E-state index contributed by atoms with van der Waals surface area (Å²) in [6.45, 7) is 3.85. The Labute approximate surface area is 143 Å². The van der Waals surface area contributed by atoms with E-state index in [2.05, 4.69) is 10.6 Å². The van der Waals surface area contributed by atoms with Crippen molar-refractivity contribution in [3.05, 3.63) is 59.2 Å². The third-order valence-electron chi connectivity index (χ3n) is 3.61. The quantitative estimate of drug-likeness (QED) is 0.808. The highest BCUT2D eigenvalue weighted by molar-refractivity contribution is 6.08. The minimum absolute atomic E-state index is 0.192. The molecule has 2 aromatic rings. The number of amides is 2. The summed E-state index contributed by atoms with van der Waals surface area (Å²) in [5.74, 6) is -1.12. The topological polar surface area (TPSA) is 58.2 Å². The highest BCUT2D eigenvalue weighted by Gasteiger charge is 2.30. The van der Waals surface area contributed by atoms with E-state index in [9.17, 15) is 22.8 Å². The Balaban J connectivity index is 1.91. The molecule has 0 heterocycles. The summed E-state index contributed by atoms with van der Waals surface area (Å²) in [5.41, 5.74) is 2.05. The van der Waals surface area contributed by atoms with Gasteiger partial charge in [-0.05, 0) is 61.4 Å². The van der Waals surface area contributed by atoms with Gasteiger partial charge in [0.1, 0.15) is 6.42 Å². The van der Waals surface area contributed by atoms with Crippen molar-refractivity contribution in [2.24, 2.45) is 0 Å². The summed E-state index contributed by atoms with van der Waals surface area (Å²) in [6, 6.07) is 9.39. The lowest BCUT2D eigenvalue weighted by atomic mass is 10.1. The number of carbonyl (C=O) groups excluding carboxylic acids is 2. The Morgan fingerprint density at radius 2 is 1.36 bits per heavy atom. The van der Waals surface area contributed by atoms with Crippen LogP contribution in [0.25, 0.3) is 0 Å². The van der Waals surface area contributed by atoms with Crippen molar-refractivity contribution in [2.75, 3.05) is 10.6 Å². The maximum atomic E-state index is 12.5. The van der Waals surface area contributed by atoms with Crippen LogP contribution in [0.2, 0.25) is 0 Å². The molecule has 0 aliphatic carbocycles. The summed E-state index contributed by atoms with van der Waals surface area (Å²) < 4.78 is 37.4. The Kier molecular flexibility index (Phi) is 5.46. The molecule has 0 saturated carbocycles. The molecule has 0 spiro atoms. The van der Waals surface area contributed by atoms with Gasteiger partial charge in [-0.3, -0.25) is 9.59 Å². The van der Waals surface area contributed by atoms with Crippen LogP contribution in [0.3, 0.4) is 0 Å². The zero-order valence-corrected chi connectivity index (χ0v) is 13.7. The van der Waals surface area contributed by atoms with Crippen molar-refractivity contribution in [1.29, 1.82) is 0 Å². The average Bonchev–Trinajstić information content (AvgIpc) is 2.50. The third-order valence-corrected chi connectivity index (χ3v) is 3.61. The molecule has 2 N–H and O–H groups in total. The molecule has 0 saturated heterocycles. The number of benzene rings is 2. The minimum Gasteiger partial charge on any atom is -0.326 e. The van der Waals surface area contributed by atoms with Crippen molar-refractivity contribution in [1.82, 2.24) is 0 Å². The number of nitrogens with one attached hydrogen (secondary N) is 2. The molecule has 0 bridgehead atoms. The number of rotatable bonds is 4. The molecule has 25 heavy (non-hydrogen) atoms. The van der Waals surface area contributed by atoms with Crippen molar-refractivity contribution in [3.63, 3.8) is 0 Å². The molecule has 0 fully saturated rings. The van der Waals surface area contributed by atoms with Crippen molar-refractivity contribution >= 4 is 23.2 Å². The van der Waals surface area contributed by atoms with E-state index in [0.717, 1.165) is 35.4 Å². The Morgan fingerprint density at radius 3 is 1.88 bits per heavy atom. The lowest BCUT2D eigenvalue weighted by molar-refractivity contribution is -0.137. The van der Waals surface area contributed by atoms with Gasteiger partial charge in [0.2, 0.25) is 11.8 Å². The van der Waals surface area contributed by atoms with Crippen LogP contribution in [0.1, 0.15) is 23.1 Å². The zero-order chi connectivity index (χ0) is 18.6. The van der Waals surface area contributed by atoms with Gasteiger partial charge < -0.3 is 10.6 Å². The zero-order valence-electron chi connectivity index (χ0n) is 13.7. The summed E-state index contributed by atoms with van der Waals surface area (Å²) in [7, 11) is 0. The molecule has 0 radical (unpaired) electrons. The number of anilines is 2. The molecule has 2 amide bonds. The van der Waals surface area contributed by atoms with Gasteiger partial charge >= 0.3 is 6.18 Å². The van der Waals surface area contributed by atoms with Gasteiger partial charge in [0.05, 0.1) is 5.56 Å².